The standard InChI is InChI=1S/C13H16N4O4/c1-9-4-10-14-8-15-17(10)11(5-9)16(6-12(18)20-2)7-13(19)21-3/h4-5,8H,6-7H2,1-3H3. The van der Waals surface area contributed by atoms with Crippen LogP contribution in [-0.2, 0) is 19.1 Å². The van der Waals surface area contributed by atoms with Gasteiger partial charge in [0.1, 0.15) is 25.2 Å². The fourth-order valence-electron chi connectivity index (χ4n) is 1.92. The highest BCUT2D eigenvalue weighted by Crippen LogP contribution is 2.18. The number of nitrogens with zero attached hydrogens (tertiary/aromatic N) is 4. The average molecular weight is 292 g/mol. The summed E-state index contributed by atoms with van der Waals surface area (Å²) in [5, 5.41) is 4.11. The SMILES string of the molecule is COC(=O)CN(CC(=O)OC)c1cc(C)cc2ncnn12. The van der Waals surface area contributed by atoms with E-state index in [1.54, 1.807) is 4.52 Å². The lowest BCUT2D eigenvalue weighted by Crippen LogP contribution is -2.37. The highest BCUT2D eigenvalue weighted by atomic mass is 16.5. The number of aryl methyl sites for hydroxylation is 1. The Labute approximate surface area is 121 Å². The first kappa shape index (κ1) is 14.8. The third-order valence-corrected chi connectivity index (χ3v) is 2.92. The van der Waals surface area contributed by atoms with Crippen molar-refractivity contribution in [2.24, 2.45) is 0 Å². The quantitative estimate of drug-likeness (QED) is 0.727. The minimum absolute atomic E-state index is 0.0932. The Bertz CT molecular complexity index is 649. The molecule has 21 heavy (non-hydrogen) atoms. The average Bonchev–Trinajstić information content (AvgIpc) is 2.93. The first-order chi connectivity index (χ1) is 10.0. The molecule has 0 amide bonds. The van der Waals surface area contributed by atoms with Gasteiger partial charge in [-0.2, -0.15) is 9.61 Å². The lowest BCUT2D eigenvalue weighted by Gasteiger charge is -2.22. The Balaban J connectivity index is 2.43. The lowest BCUT2D eigenvalue weighted by molar-refractivity contribution is -0.140. The number of hydrogen-bond donors (Lipinski definition) is 0. The van der Waals surface area contributed by atoms with Gasteiger partial charge in [-0.15, -0.1) is 0 Å². The second kappa shape index (κ2) is 6.21. The molecule has 0 aliphatic carbocycles. The number of ether oxygens (including phenoxy) is 2. The second-order valence-corrected chi connectivity index (χ2v) is 4.43. The molecule has 2 aromatic rings. The van der Waals surface area contributed by atoms with E-state index in [9.17, 15) is 9.59 Å². The number of carbonyl (C=O) groups is 2. The summed E-state index contributed by atoms with van der Waals surface area (Å²) in [5.41, 5.74) is 1.56. The highest BCUT2D eigenvalue weighted by molar-refractivity contribution is 5.81. The molecule has 0 aliphatic heterocycles. The van der Waals surface area contributed by atoms with E-state index >= 15 is 0 Å². The molecule has 0 aliphatic rings. The zero-order chi connectivity index (χ0) is 15.4. The summed E-state index contributed by atoms with van der Waals surface area (Å²) in [7, 11) is 2.58. The zero-order valence-corrected chi connectivity index (χ0v) is 12.1. The minimum atomic E-state index is -0.464. The molecule has 2 aromatic heterocycles. The van der Waals surface area contributed by atoms with E-state index in [1.165, 1.54) is 25.4 Å². The molecule has 0 unspecified atom stereocenters. The van der Waals surface area contributed by atoms with Crippen LogP contribution in [-0.4, -0.2) is 53.8 Å². The monoisotopic (exact) mass is 292 g/mol. The van der Waals surface area contributed by atoms with Crippen LogP contribution in [0.25, 0.3) is 5.65 Å². The number of pyridine rings is 1. The number of methoxy groups -OCH3 is 2. The van der Waals surface area contributed by atoms with Crippen LogP contribution in [0.15, 0.2) is 18.5 Å². The van der Waals surface area contributed by atoms with Crippen molar-refractivity contribution < 1.29 is 19.1 Å². The maximum absolute atomic E-state index is 11.6. The second-order valence-electron chi connectivity index (χ2n) is 4.43. The van der Waals surface area contributed by atoms with Gasteiger partial charge < -0.3 is 14.4 Å². The van der Waals surface area contributed by atoms with E-state index in [0.29, 0.717) is 11.5 Å². The number of aromatic nitrogens is 3. The van der Waals surface area contributed by atoms with Gasteiger partial charge in [0.05, 0.1) is 14.2 Å². The van der Waals surface area contributed by atoms with Gasteiger partial charge in [-0.3, -0.25) is 9.59 Å². The number of esters is 2. The van der Waals surface area contributed by atoms with Crippen molar-refractivity contribution in [1.29, 1.82) is 0 Å². The topological polar surface area (TPSA) is 86.0 Å². The molecule has 0 fully saturated rings. The van der Waals surface area contributed by atoms with Gasteiger partial charge in [-0.05, 0) is 24.6 Å². The molecule has 0 bridgehead atoms. The molecule has 8 heteroatoms. The largest absolute Gasteiger partial charge is 0.468 e. The van der Waals surface area contributed by atoms with Gasteiger partial charge >= 0.3 is 11.9 Å². The fraction of sp³-hybridized carbons (Fsp3) is 0.385. The lowest BCUT2D eigenvalue weighted by atomic mass is 10.2. The molecule has 2 rings (SSSR count). The molecule has 0 N–H and O–H groups in total. The van der Waals surface area contributed by atoms with Crippen molar-refractivity contribution in [2.45, 2.75) is 6.92 Å². The third-order valence-electron chi connectivity index (χ3n) is 2.92. The molecule has 0 saturated carbocycles. The minimum Gasteiger partial charge on any atom is -0.468 e. The number of anilines is 1. The highest BCUT2D eigenvalue weighted by Gasteiger charge is 2.19. The Morgan fingerprint density at radius 1 is 1.19 bits per heavy atom. The van der Waals surface area contributed by atoms with Crippen molar-refractivity contribution in [2.75, 3.05) is 32.2 Å². The molecule has 0 radical (unpaired) electrons. The normalized spacial score (nSPS) is 10.4. The van der Waals surface area contributed by atoms with E-state index < -0.39 is 11.9 Å². The van der Waals surface area contributed by atoms with Gasteiger partial charge in [0.15, 0.2) is 5.65 Å². The molecule has 112 valence electrons. The number of fused-ring (bicyclic) bond motifs is 1. The van der Waals surface area contributed by atoms with Crippen LogP contribution >= 0.6 is 0 Å². The smallest absolute Gasteiger partial charge is 0.325 e. The predicted octanol–water partition coefficient (Wildman–Crippen LogP) is 0.190. The molecule has 0 atom stereocenters. The van der Waals surface area contributed by atoms with Crippen LogP contribution in [0.1, 0.15) is 5.56 Å². The molecular formula is C13H16N4O4. The summed E-state index contributed by atoms with van der Waals surface area (Å²) in [6.45, 7) is 1.71. The van der Waals surface area contributed by atoms with Crippen molar-refractivity contribution >= 4 is 23.4 Å². The molecule has 8 nitrogen and oxygen atoms in total. The third kappa shape index (κ3) is 3.28. The predicted molar refractivity (Wildman–Crippen MR) is 74.0 cm³/mol. The number of rotatable bonds is 5. The van der Waals surface area contributed by atoms with Crippen molar-refractivity contribution in [1.82, 2.24) is 14.6 Å². The van der Waals surface area contributed by atoms with Gasteiger partial charge in [0, 0.05) is 0 Å². The first-order valence-corrected chi connectivity index (χ1v) is 6.24. The van der Waals surface area contributed by atoms with Crippen LogP contribution < -0.4 is 4.90 Å². The number of carbonyl (C=O) groups excluding carboxylic acids is 2. The van der Waals surface area contributed by atoms with Crippen LogP contribution in [0.2, 0.25) is 0 Å². The molecule has 0 spiro atoms. The van der Waals surface area contributed by atoms with Gasteiger partial charge in [0.2, 0.25) is 0 Å². The Morgan fingerprint density at radius 3 is 2.38 bits per heavy atom. The summed E-state index contributed by atoms with van der Waals surface area (Å²) < 4.78 is 10.9. The van der Waals surface area contributed by atoms with E-state index in [4.69, 9.17) is 0 Å². The summed E-state index contributed by atoms with van der Waals surface area (Å²) in [6, 6.07) is 3.67. The summed E-state index contributed by atoms with van der Waals surface area (Å²) >= 11 is 0. The van der Waals surface area contributed by atoms with Gasteiger partial charge in [-0.1, -0.05) is 0 Å². The van der Waals surface area contributed by atoms with Gasteiger partial charge in [-0.25, -0.2) is 4.98 Å². The Hall–Kier alpha value is -2.64. The molecule has 2 heterocycles. The summed E-state index contributed by atoms with van der Waals surface area (Å²) in [4.78, 5) is 28.8. The maximum Gasteiger partial charge on any atom is 0.325 e. The Kier molecular flexibility index (Phi) is 4.36. The van der Waals surface area contributed by atoms with Crippen LogP contribution in [0.4, 0.5) is 5.82 Å². The van der Waals surface area contributed by atoms with Crippen molar-refractivity contribution in [3.8, 4) is 0 Å². The van der Waals surface area contributed by atoms with E-state index in [1.807, 2.05) is 19.1 Å². The zero-order valence-electron chi connectivity index (χ0n) is 12.1. The van der Waals surface area contributed by atoms with Crippen molar-refractivity contribution in [3.05, 3.63) is 24.0 Å². The molecule has 0 aromatic carbocycles. The van der Waals surface area contributed by atoms with Crippen LogP contribution in [0.5, 0.6) is 0 Å². The molecular weight excluding hydrogens is 276 g/mol. The summed E-state index contributed by atoms with van der Waals surface area (Å²) in [5.74, 6) is -0.361. The van der Waals surface area contributed by atoms with E-state index in [-0.39, 0.29) is 13.1 Å². The number of hydrogen-bond acceptors (Lipinski definition) is 7. The van der Waals surface area contributed by atoms with Crippen LogP contribution in [0, 0.1) is 6.92 Å². The molecule has 0 saturated heterocycles. The van der Waals surface area contributed by atoms with Crippen LogP contribution in [0.3, 0.4) is 0 Å². The van der Waals surface area contributed by atoms with Gasteiger partial charge in [0.25, 0.3) is 0 Å². The van der Waals surface area contributed by atoms with E-state index in [2.05, 4.69) is 19.6 Å². The van der Waals surface area contributed by atoms with Crippen molar-refractivity contribution in [3.63, 3.8) is 0 Å². The Morgan fingerprint density at radius 2 is 1.81 bits per heavy atom. The van der Waals surface area contributed by atoms with E-state index in [0.717, 1.165) is 5.56 Å². The first-order valence-electron chi connectivity index (χ1n) is 6.24. The fourth-order valence-corrected chi connectivity index (χ4v) is 1.92. The summed E-state index contributed by atoms with van der Waals surface area (Å²) in [6.07, 6.45) is 1.41. The maximum atomic E-state index is 11.6.